The topological polar surface area (TPSA) is 26.3 Å². The van der Waals surface area contributed by atoms with Gasteiger partial charge in [-0.25, -0.2) is 0 Å². The number of furan rings is 2. The van der Waals surface area contributed by atoms with Crippen LogP contribution < -0.4 is 24.8 Å². The molecule has 1 fully saturated rings. The number of rotatable bonds is 6. The summed E-state index contributed by atoms with van der Waals surface area (Å²) >= 11 is -2.71. The molecule has 248 valence electrons. The molecule has 5 heteroatoms. The van der Waals surface area contributed by atoms with Crippen LogP contribution >= 0.6 is 0 Å². The van der Waals surface area contributed by atoms with E-state index in [1.165, 1.54) is 80.5 Å². The van der Waals surface area contributed by atoms with Crippen molar-refractivity contribution in [3.05, 3.63) is 166 Å². The number of aryl methyl sites for hydroxylation is 3. The van der Waals surface area contributed by atoms with Crippen molar-refractivity contribution < 1.29 is 54.9 Å². The van der Waals surface area contributed by atoms with Gasteiger partial charge < -0.3 is 24.8 Å². The van der Waals surface area contributed by atoms with Gasteiger partial charge in [0.15, 0.2) is 0 Å². The Bertz CT molecular complexity index is 2300. The maximum Gasteiger partial charge on any atom is -1.00 e. The van der Waals surface area contributed by atoms with Crippen molar-refractivity contribution in [3.63, 3.8) is 0 Å². The van der Waals surface area contributed by atoms with E-state index < -0.39 is 21.3 Å². The van der Waals surface area contributed by atoms with E-state index in [2.05, 4.69) is 148 Å². The molecule has 3 aliphatic rings. The van der Waals surface area contributed by atoms with Gasteiger partial charge in [-0.05, 0) is 0 Å². The summed E-state index contributed by atoms with van der Waals surface area (Å²) in [6.07, 6.45) is 8.78. The average Bonchev–Trinajstić information content (AvgIpc) is 3.88. The zero-order valence-corrected chi connectivity index (χ0v) is 32.4. The first-order chi connectivity index (χ1) is 23.5. The van der Waals surface area contributed by atoms with Gasteiger partial charge in [0.2, 0.25) is 0 Å². The van der Waals surface area contributed by atoms with Crippen molar-refractivity contribution >= 4 is 26.5 Å². The van der Waals surface area contributed by atoms with E-state index in [9.17, 15) is 0 Å². The summed E-state index contributed by atoms with van der Waals surface area (Å²) < 4.78 is 15.6. The minimum Gasteiger partial charge on any atom is -1.00 e. The maximum absolute atomic E-state index is 6.53. The van der Waals surface area contributed by atoms with E-state index in [1.807, 2.05) is 3.21 Å². The Balaban J connectivity index is 0.00000196. The molecule has 0 bridgehead atoms. The molecule has 0 saturated heterocycles. The van der Waals surface area contributed by atoms with E-state index in [0.717, 1.165) is 23.0 Å². The summed E-state index contributed by atoms with van der Waals surface area (Å²) in [7, 11) is 0. The Morgan fingerprint density at radius 1 is 0.540 bits per heavy atom. The monoisotopic (exact) mass is 770 g/mol. The zero-order chi connectivity index (χ0) is 32.4. The summed E-state index contributed by atoms with van der Waals surface area (Å²) in [5.41, 5.74) is 15.0. The third-order valence-electron chi connectivity index (χ3n) is 10.7. The smallest absolute Gasteiger partial charge is 1.00 e. The molecule has 0 spiro atoms. The Kier molecular flexibility index (Phi) is 9.79. The Hall–Kier alpha value is -3.75. The summed E-state index contributed by atoms with van der Waals surface area (Å²) in [6, 6.07) is 42.4. The summed E-state index contributed by atoms with van der Waals surface area (Å²) in [6.45, 7) is 6.40. The molecule has 9 rings (SSSR count). The van der Waals surface area contributed by atoms with Crippen LogP contribution in [0.25, 0.3) is 45.6 Å². The van der Waals surface area contributed by atoms with Crippen molar-refractivity contribution in [3.8, 4) is 22.3 Å². The second-order valence-electron chi connectivity index (χ2n) is 13.6. The first kappa shape index (κ1) is 34.7. The standard InChI is InChI=1S/C21H17O.C20H15O.C4H6.2ClH.Zr/c1-14-8-10-17-12-18(20-11-9-15(2)22-20)13-19(17)21(14)16-6-4-3-5-7-16;1-14-10-11-20(21-14)17-12-16-8-5-9-18(19(16)13-17)15-6-3-2-4-7-15;1-2-4-3-1;;;/h3-13H,1-2H3;2-13H,1H3;1-3H2;2*1H;/q;;;;;+2/p-2. The van der Waals surface area contributed by atoms with Crippen molar-refractivity contribution in [1.29, 1.82) is 0 Å². The molecular formula is C45H38Cl2O2Zr. The van der Waals surface area contributed by atoms with Gasteiger partial charge in [0.1, 0.15) is 0 Å². The van der Waals surface area contributed by atoms with Crippen LogP contribution in [-0.2, 0) is 21.3 Å². The van der Waals surface area contributed by atoms with Crippen LogP contribution in [0.5, 0.6) is 0 Å². The van der Waals surface area contributed by atoms with Gasteiger partial charge >= 0.3 is 292 Å². The van der Waals surface area contributed by atoms with Gasteiger partial charge in [0.05, 0.1) is 0 Å². The Morgan fingerprint density at radius 3 is 1.64 bits per heavy atom. The van der Waals surface area contributed by atoms with Crippen LogP contribution in [0.4, 0.5) is 0 Å². The van der Waals surface area contributed by atoms with Crippen LogP contribution in [0, 0.1) is 20.8 Å². The second-order valence-corrected chi connectivity index (χ2v) is 20.4. The van der Waals surface area contributed by atoms with E-state index >= 15 is 0 Å². The minimum atomic E-state index is -2.71. The molecule has 2 aromatic heterocycles. The van der Waals surface area contributed by atoms with Crippen molar-refractivity contribution in [2.45, 2.75) is 47.3 Å². The van der Waals surface area contributed by atoms with Crippen molar-refractivity contribution in [2.75, 3.05) is 0 Å². The van der Waals surface area contributed by atoms with Gasteiger partial charge in [0.25, 0.3) is 0 Å². The molecule has 4 aromatic carbocycles. The molecule has 0 amide bonds. The molecule has 6 aromatic rings. The number of hydrogen-bond donors (Lipinski definition) is 0. The summed E-state index contributed by atoms with van der Waals surface area (Å²) in [4.78, 5) is 0. The van der Waals surface area contributed by atoms with Crippen LogP contribution in [-0.4, -0.2) is 3.21 Å². The number of allylic oxidation sites excluding steroid dienone is 2. The maximum atomic E-state index is 6.53. The van der Waals surface area contributed by atoms with Crippen LogP contribution in [0.15, 0.2) is 124 Å². The predicted molar refractivity (Wildman–Crippen MR) is 195 cm³/mol. The van der Waals surface area contributed by atoms with Crippen LogP contribution in [0.3, 0.4) is 0 Å². The molecule has 50 heavy (non-hydrogen) atoms. The molecular weight excluding hydrogens is 735 g/mol. The molecule has 2 unspecified atom stereocenters. The third-order valence-corrected chi connectivity index (χ3v) is 20.0. The number of halogens is 2. The van der Waals surface area contributed by atoms with E-state index in [0.29, 0.717) is 7.25 Å². The quantitative estimate of drug-likeness (QED) is 0.208. The number of benzene rings is 4. The molecule has 0 N–H and O–H groups in total. The van der Waals surface area contributed by atoms with Gasteiger partial charge in [-0.15, -0.1) is 0 Å². The predicted octanol–water partition coefficient (Wildman–Crippen LogP) is 6.01. The Labute approximate surface area is 314 Å². The number of hydrogen-bond acceptors (Lipinski definition) is 2. The minimum absolute atomic E-state index is 0. The van der Waals surface area contributed by atoms with Gasteiger partial charge in [-0.3, -0.25) is 0 Å². The summed E-state index contributed by atoms with van der Waals surface area (Å²) in [5.74, 6) is 3.98. The van der Waals surface area contributed by atoms with Crippen molar-refractivity contribution in [1.82, 2.24) is 0 Å². The average molecular weight is 773 g/mol. The third kappa shape index (κ3) is 5.82. The fourth-order valence-electron chi connectivity index (χ4n) is 8.31. The van der Waals surface area contributed by atoms with E-state index in [1.54, 1.807) is 0 Å². The fraction of sp³-hybridized carbons (Fsp3) is 0.178. The molecule has 3 aliphatic carbocycles. The normalized spacial score (nSPS) is 17.0. The van der Waals surface area contributed by atoms with Crippen molar-refractivity contribution in [2.24, 2.45) is 0 Å². The molecule has 0 aliphatic heterocycles. The van der Waals surface area contributed by atoms with Crippen LogP contribution in [0.1, 0.15) is 77.4 Å². The van der Waals surface area contributed by atoms with E-state index in [4.69, 9.17) is 8.83 Å². The molecule has 0 radical (unpaired) electrons. The zero-order valence-electron chi connectivity index (χ0n) is 28.5. The SMILES string of the molecule is Cc1ccc(C2=Cc3c(-c4ccccc4)cccc3[CH]2[Zr+2](=[C]2CCC2)[CH]2C(c3ccc(C)o3)=Cc3c2ccc(C)c3-c2ccccc2)o1.[Cl-].[Cl-]. The largest absolute Gasteiger partial charge is 1.00 e. The molecule has 2 nitrogen and oxygen atoms in total. The number of fused-ring (bicyclic) bond motifs is 2. The van der Waals surface area contributed by atoms with E-state index in [-0.39, 0.29) is 24.8 Å². The first-order valence-electron chi connectivity index (χ1n) is 17.2. The van der Waals surface area contributed by atoms with Crippen LogP contribution in [0.2, 0.25) is 0 Å². The van der Waals surface area contributed by atoms with Gasteiger partial charge in [-0.2, -0.15) is 0 Å². The fourth-order valence-corrected chi connectivity index (χ4v) is 19.1. The Morgan fingerprint density at radius 2 is 1.10 bits per heavy atom. The van der Waals surface area contributed by atoms with Gasteiger partial charge in [-0.1, -0.05) is 0 Å². The second kappa shape index (κ2) is 14.1. The van der Waals surface area contributed by atoms with Gasteiger partial charge in [0, 0.05) is 0 Å². The molecule has 2 atom stereocenters. The summed E-state index contributed by atoms with van der Waals surface area (Å²) in [5, 5.41) is 0. The molecule has 2 heterocycles. The molecule has 1 saturated carbocycles. The first-order valence-corrected chi connectivity index (χ1v) is 21.3.